The van der Waals surface area contributed by atoms with Gasteiger partial charge in [0.05, 0.1) is 22.1 Å². The molecule has 0 bridgehead atoms. The second-order valence-electron chi connectivity index (χ2n) is 7.64. The predicted octanol–water partition coefficient (Wildman–Crippen LogP) is 5.78. The molecule has 0 atom stereocenters. The molecule has 35 heavy (non-hydrogen) atoms. The van der Waals surface area contributed by atoms with Gasteiger partial charge in [-0.05, 0) is 71.0 Å². The van der Waals surface area contributed by atoms with E-state index in [1.54, 1.807) is 35.2 Å². The highest BCUT2D eigenvalue weighted by Crippen LogP contribution is 2.39. The number of rotatable bonds is 7. The van der Waals surface area contributed by atoms with E-state index in [0.29, 0.717) is 24.9 Å². The van der Waals surface area contributed by atoms with Crippen LogP contribution < -0.4 is 8.92 Å². The lowest BCUT2D eigenvalue weighted by Gasteiger charge is -2.14. The molecular weight excluding hydrogens is 617 g/mol. The predicted molar refractivity (Wildman–Crippen MR) is 150 cm³/mol. The number of hydrogen-bond donors (Lipinski definition) is 0. The number of methoxy groups -OCH3 is 1. The first kappa shape index (κ1) is 25.7. The summed E-state index contributed by atoms with van der Waals surface area (Å²) in [5, 5.41) is 0. The third kappa shape index (κ3) is 5.88. The molecule has 0 unspecified atom stereocenters. The van der Waals surface area contributed by atoms with Crippen LogP contribution in [0.3, 0.4) is 0 Å². The van der Waals surface area contributed by atoms with Crippen LogP contribution in [0.2, 0.25) is 0 Å². The van der Waals surface area contributed by atoms with Crippen molar-refractivity contribution in [2.75, 3.05) is 7.11 Å². The Bertz CT molecular complexity index is 1420. The molecule has 180 valence electrons. The Morgan fingerprint density at radius 2 is 1.77 bits per heavy atom. The molecule has 6 nitrogen and oxygen atoms in total. The zero-order chi connectivity index (χ0) is 25.2. The lowest BCUT2D eigenvalue weighted by Crippen LogP contribution is -2.27. The quantitative estimate of drug-likeness (QED) is 0.141. The molecule has 0 spiro atoms. The SMILES string of the molecule is COc1cc(/C=C2/SC(=S)N(Cc3ccccc3)C2=O)cc(I)c1OS(=O)(=O)c1ccc(C)cc1. The molecule has 3 aromatic carbocycles. The third-order valence-corrected chi connectivity index (χ3v) is 8.52. The van der Waals surface area contributed by atoms with E-state index < -0.39 is 10.1 Å². The van der Waals surface area contributed by atoms with Gasteiger partial charge in [0.2, 0.25) is 0 Å². The smallest absolute Gasteiger partial charge is 0.339 e. The van der Waals surface area contributed by atoms with Gasteiger partial charge in [-0.3, -0.25) is 9.69 Å². The molecule has 0 N–H and O–H groups in total. The fourth-order valence-electron chi connectivity index (χ4n) is 3.32. The average Bonchev–Trinajstić information content (AvgIpc) is 3.08. The summed E-state index contributed by atoms with van der Waals surface area (Å²) < 4.78 is 37.5. The average molecular weight is 638 g/mol. The molecule has 10 heteroatoms. The Morgan fingerprint density at radius 3 is 2.43 bits per heavy atom. The summed E-state index contributed by atoms with van der Waals surface area (Å²) in [6.45, 7) is 2.27. The summed E-state index contributed by atoms with van der Waals surface area (Å²) in [4.78, 5) is 15.1. The van der Waals surface area contributed by atoms with E-state index in [1.807, 2.05) is 59.8 Å². The molecule has 1 aliphatic rings. The molecule has 4 rings (SSSR count). The van der Waals surface area contributed by atoms with Gasteiger partial charge in [-0.15, -0.1) is 0 Å². The minimum absolute atomic E-state index is 0.0483. The highest BCUT2D eigenvalue weighted by Gasteiger charge is 2.32. The van der Waals surface area contributed by atoms with E-state index in [9.17, 15) is 13.2 Å². The molecular formula is C25H20INO5S3. The van der Waals surface area contributed by atoms with Gasteiger partial charge in [0.1, 0.15) is 9.22 Å². The molecule has 1 heterocycles. The zero-order valence-electron chi connectivity index (χ0n) is 18.7. The van der Waals surface area contributed by atoms with E-state index in [-0.39, 0.29) is 22.3 Å². The summed E-state index contributed by atoms with van der Waals surface area (Å²) in [5.74, 6) is 0.140. The second-order valence-corrected chi connectivity index (χ2v) is 12.0. The van der Waals surface area contributed by atoms with Crippen LogP contribution in [0.4, 0.5) is 0 Å². The number of benzene rings is 3. The topological polar surface area (TPSA) is 72.9 Å². The summed E-state index contributed by atoms with van der Waals surface area (Å²) in [6, 6.07) is 19.4. The van der Waals surface area contributed by atoms with Gasteiger partial charge in [-0.2, -0.15) is 8.42 Å². The molecule has 0 aliphatic carbocycles. The second kappa shape index (κ2) is 10.7. The van der Waals surface area contributed by atoms with Gasteiger partial charge < -0.3 is 8.92 Å². The van der Waals surface area contributed by atoms with E-state index in [1.165, 1.54) is 31.0 Å². The van der Waals surface area contributed by atoms with Crippen LogP contribution in [0.1, 0.15) is 16.7 Å². The van der Waals surface area contributed by atoms with Gasteiger partial charge in [-0.25, -0.2) is 0 Å². The number of nitrogens with zero attached hydrogens (tertiary/aromatic N) is 1. The maximum absolute atomic E-state index is 13.0. The van der Waals surface area contributed by atoms with Crippen LogP contribution in [0.15, 0.2) is 76.5 Å². The molecule has 0 radical (unpaired) electrons. The molecule has 1 aliphatic heterocycles. The lowest BCUT2D eigenvalue weighted by molar-refractivity contribution is -0.122. The van der Waals surface area contributed by atoms with Crippen molar-refractivity contribution < 1.29 is 22.1 Å². The van der Waals surface area contributed by atoms with E-state index >= 15 is 0 Å². The fraction of sp³-hybridized carbons (Fsp3) is 0.120. The van der Waals surface area contributed by atoms with Crippen molar-refractivity contribution in [2.45, 2.75) is 18.4 Å². The standard InChI is InChI=1S/C25H20INO5S3/c1-16-8-10-19(11-9-16)35(29,30)32-23-20(26)12-18(13-21(23)31-2)14-22-24(28)27(25(33)34-22)15-17-6-4-3-5-7-17/h3-14H,15H2,1-2H3/b22-14+. The number of thioether (sulfide) groups is 1. The molecule has 0 aromatic heterocycles. The Hall–Kier alpha value is -2.41. The van der Waals surface area contributed by atoms with Crippen molar-refractivity contribution in [3.8, 4) is 11.5 Å². The number of aryl methyl sites for hydroxylation is 1. The van der Waals surface area contributed by atoms with Crippen LogP contribution >= 0.6 is 46.6 Å². The number of carbonyl (C=O) groups is 1. The monoisotopic (exact) mass is 637 g/mol. The zero-order valence-corrected chi connectivity index (χ0v) is 23.3. The number of halogens is 1. The first-order valence-electron chi connectivity index (χ1n) is 10.4. The molecule has 0 saturated carbocycles. The van der Waals surface area contributed by atoms with Crippen LogP contribution in [-0.4, -0.2) is 30.7 Å². The normalized spacial score (nSPS) is 15.1. The number of hydrogen-bond acceptors (Lipinski definition) is 7. The Kier molecular flexibility index (Phi) is 7.84. The van der Waals surface area contributed by atoms with Crippen LogP contribution in [-0.2, 0) is 21.5 Å². The molecule has 1 fully saturated rings. The largest absolute Gasteiger partial charge is 0.493 e. The first-order valence-corrected chi connectivity index (χ1v) is 14.1. The molecule has 1 saturated heterocycles. The van der Waals surface area contributed by atoms with Gasteiger partial charge >= 0.3 is 10.1 Å². The lowest BCUT2D eigenvalue weighted by atomic mass is 10.1. The number of ether oxygens (including phenoxy) is 1. The van der Waals surface area contributed by atoms with E-state index in [0.717, 1.165) is 11.1 Å². The van der Waals surface area contributed by atoms with Crippen LogP contribution in [0.5, 0.6) is 11.5 Å². The van der Waals surface area contributed by atoms with Crippen LogP contribution in [0.25, 0.3) is 6.08 Å². The van der Waals surface area contributed by atoms with Gasteiger partial charge in [0.15, 0.2) is 11.5 Å². The van der Waals surface area contributed by atoms with Crippen LogP contribution in [0, 0.1) is 10.5 Å². The van der Waals surface area contributed by atoms with Crippen molar-refractivity contribution >= 4 is 73.0 Å². The highest BCUT2D eigenvalue weighted by molar-refractivity contribution is 14.1. The van der Waals surface area contributed by atoms with Crippen molar-refractivity contribution in [2.24, 2.45) is 0 Å². The summed E-state index contributed by atoms with van der Waals surface area (Å²) in [5.41, 5.74) is 2.58. The first-order chi connectivity index (χ1) is 16.7. The molecule has 3 aromatic rings. The van der Waals surface area contributed by atoms with Crippen molar-refractivity contribution in [3.63, 3.8) is 0 Å². The van der Waals surface area contributed by atoms with Crippen molar-refractivity contribution in [1.82, 2.24) is 4.90 Å². The third-order valence-electron chi connectivity index (χ3n) is 5.11. The highest BCUT2D eigenvalue weighted by atomic mass is 127. The van der Waals surface area contributed by atoms with E-state index in [4.69, 9.17) is 21.1 Å². The van der Waals surface area contributed by atoms with E-state index in [2.05, 4.69) is 0 Å². The number of amides is 1. The maximum Gasteiger partial charge on any atom is 0.339 e. The van der Waals surface area contributed by atoms with Gasteiger partial charge in [-0.1, -0.05) is 72.0 Å². The number of carbonyl (C=O) groups excluding carboxylic acids is 1. The van der Waals surface area contributed by atoms with Gasteiger partial charge in [0.25, 0.3) is 5.91 Å². The maximum atomic E-state index is 13.0. The van der Waals surface area contributed by atoms with Gasteiger partial charge in [0, 0.05) is 0 Å². The summed E-state index contributed by atoms with van der Waals surface area (Å²) in [6.07, 6.45) is 1.72. The minimum atomic E-state index is -4.06. The Labute approximate surface area is 227 Å². The van der Waals surface area contributed by atoms with Crippen molar-refractivity contribution in [1.29, 1.82) is 0 Å². The van der Waals surface area contributed by atoms with Crippen molar-refractivity contribution in [3.05, 3.63) is 91.9 Å². The Balaban J connectivity index is 1.60. The fourth-order valence-corrected chi connectivity index (χ4v) is 6.42. The Morgan fingerprint density at radius 1 is 1.09 bits per heavy atom. The molecule has 1 amide bonds. The number of thiocarbonyl (C=S) groups is 1. The summed E-state index contributed by atoms with van der Waals surface area (Å²) >= 11 is 8.65. The summed E-state index contributed by atoms with van der Waals surface area (Å²) in [7, 11) is -2.63. The minimum Gasteiger partial charge on any atom is -0.493 e.